The third-order valence-corrected chi connectivity index (χ3v) is 5.23. The number of ketones is 1. The predicted molar refractivity (Wildman–Crippen MR) is 99.9 cm³/mol. The smallest absolute Gasteiger partial charge is 0.302 e. The van der Waals surface area contributed by atoms with E-state index in [0.29, 0.717) is 17.8 Å². The molecule has 0 saturated carbocycles. The first kappa shape index (κ1) is 17.4. The molecular weight excluding hydrogens is 346 g/mol. The summed E-state index contributed by atoms with van der Waals surface area (Å²) in [6.07, 6.45) is 2.44. The van der Waals surface area contributed by atoms with Gasteiger partial charge in [0.1, 0.15) is 12.2 Å². The third-order valence-electron chi connectivity index (χ3n) is 5.23. The Morgan fingerprint density at radius 1 is 1.22 bits per heavy atom. The minimum Gasteiger partial charge on any atom is -0.302 e. The molecule has 0 spiro atoms. The van der Waals surface area contributed by atoms with Crippen molar-refractivity contribution in [3.8, 4) is 0 Å². The second-order valence-corrected chi connectivity index (χ2v) is 7.76. The monoisotopic (exact) mass is 367 g/mol. The number of hydrogen-bond donors (Lipinski definition) is 0. The van der Waals surface area contributed by atoms with Crippen LogP contribution in [0.25, 0.3) is 11.0 Å². The number of nitrogens with zero attached hydrogens (tertiary/aromatic N) is 5. The molecule has 1 aliphatic heterocycles. The van der Waals surface area contributed by atoms with Gasteiger partial charge in [0, 0.05) is 6.54 Å². The van der Waals surface area contributed by atoms with Gasteiger partial charge in [-0.05, 0) is 30.4 Å². The Labute approximate surface area is 155 Å². The Morgan fingerprint density at radius 3 is 2.74 bits per heavy atom. The van der Waals surface area contributed by atoms with E-state index in [9.17, 15) is 14.4 Å². The van der Waals surface area contributed by atoms with Crippen LogP contribution in [0.3, 0.4) is 0 Å². The van der Waals surface area contributed by atoms with Crippen LogP contribution in [0.1, 0.15) is 38.4 Å². The molecule has 2 aromatic heterocycles. The number of carbonyl (C=O) groups is 1. The highest BCUT2D eigenvalue weighted by Crippen LogP contribution is 2.36. The van der Waals surface area contributed by atoms with Crippen LogP contribution in [0.15, 0.2) is 34.0 Å². The Kier molecular flexibility index (Phi) is 3.87. The van der Waals surface area contributed by atoms with Crippen molar-refractivity contribution < 1.29 is 4.79 Å². The molecular formula is C19H21N5O3. The summed E-state index contributed by atoms with van der Waals surface area (Å²) >= 11 is 0. The van der Waals surface area contributed by atoms with Crippen LogP contribution < -0.4 is 11.1 Å². The fourth-order valence-corrected chi connectivity index (χ4v) is 3.80. The van der Waals surface area contributed by atoms with Crippen molar-refractivity contribution in [1.29, 1.82) is 0 Å². The van der Waals surface area contributed by atoms with Crippen molar-refractivity contribution >= 4 is 16.8 Å². The average molecular weight is 367 g/mol. The molecule has 3 aromatic rings. The molecule has 8 nitrogen and oxygen atoms in total. The van der Waals surface area contributed by atoms with Crippen molar-refractivity contribution in [3.63, 3.8) is 0 Å². The lowest BCUT2D eigenvalue weighted by molar-refractivity contribution is -0.117. The molecule has 0 saturated heterocycles. The van der Waals surface area contributed by atoms with E-state index in [1.54, 1.807) is 10.8 Å². The number of benzene rings is 1. The van der Waals surface area contributed by atoms with Gasteiger partial charge in [0.2, 0.25) is 0 Å². The van der Waals surface area contributed by atoms with Gasteiger partial charge in [-0.25, -0.2) is 4.68 Å². The highest BCUT2D eigenvalue weighted by Gasteiger charge is 2.30. The quantitative estimate of drug-likeness (QED) is 0.643. The van der Waals surface area contributed by atoms with Gasteiger partial charge in [0.25, 0.3) is 0 Å². The molecule has 0 unspecified atom stereocenters. The molecule has 0 amide bonds. The molecule has 140 valence electrons. The van der Waals surface area contributed by atoms with Crippen LogP contribution in [-0.4, -0.2) is 29.9 Å². The van der Waals surface area contributed by atoms with Crippen molar-refractivity contribution in [2.24, 2.45) is 0 Å². The molecule has 0 radical (unpaired) electrons. The second-order valence-electron chi connectivity index (χ2n) is 7.76. The van der Waals surface area contributed by atoms with Gasteiger partial charge in [-0.1, -0.05) is 31.2 Å². The number of para-hydroxylation sites is 1. The summed E-state index contributed by atoms with van der Waals surface area (Å²) in [5.74, 6) is -0.0364. The zero-order chi connectivity index (χ0) is 19.3. The zero-order valence-corrected chi connectivity index (χ0v) is 15.6. The summed E-state index contributed by atoms with van der Waals surface area (Å²) in [7, 11) is 0. The van der Waals surface area contributed by atoms with Crippen molar-refractivity contribution in [2.45, 2.75) is 52.2 Å². The van der Waals surface area contributed by atoms with E-state index in [1.807, 2.05) is 18.2 Å². The zero-order valence-electron chi connectivity index (χ0n) is 15.6. The topological polar surface area (TPSA) is 91.8 Å². The largest absolute Gasteiger partial charge is 0.317 e. The van der Waals surface area contributed by atoms with Crippen molar-refractivity contribution in [3.05, 3.63) is 56.4 Å². The minimum atomic E-state index is -0.569. The van der Waals surface area contributed by atoms with Crippen LogP contribution in [0.5, 0.6) is 0 Å². The predicted octanol–water partition coefficient (Wildman–Crippen LogP) is 1.07. The average Bonchev–Trinajstić information content (AvgIpc) is 3.04. The minimum absolute atomic E-state index is 0.0364. The molecule has 1 aliphatic rings. The van der Waals surface area contributed by atoms with Crippen LogP contribution in [0.2, 0.25) is 0 Å². The Bertz CT molecular complexity index is 1180. The summed E-state index contributed by atoms with van der Waals surface area (Å²) in [6, 6.07) is 5.80. The lowest BCUT2D eigenvalue weighted by Gasteiger charge is -2.33. The second kappa shape index (κ2) is 6.00. The molecule has 3 heterocycles. The lowest BCUT2D eigenvalue weighted by atomic mass is 9.78. The first-order valence-electron chi connectivity index (χ1n) is 8.93. The first-order chi connectivity index (χ1) is 12.8. The van der Waals surface area contributed by atoms with Gasteiger partial charge in [-0.3, -0.25) is 19.0 Å². The SMILES string of the molecule is CC(=O)Cn1cc(Cn2c(=O)c(=O)n3c4c(cccc42)C(C)(C)CC3)nn1. The lowest BCUT2D eigenvalue weighted by Crippen LogP contribution is -2.44. The maximum absolute atomic E-state index is 12.8. The van der Waals surface area contributed by atoms with Gasteiger partial charge in [0.05, 0.1) is 23.8 Å². The van der Waals surface area contributed by atoms with E-state index >= 15 is 0 Å². The molecule has 8 heteroatoms. The molecule has 0 fully saturated rings. The molecule has 1 aromatic carbocycles. The summed E-state index contributed by atoms with van der Waals surface area (Å²) in [4.78, 5) is 36.7. The Balaban J connectivity index is 1.90. The fourth-order valence-electron chi connectivity index (χ4n) is 3.80. The van der Waals surface area contributed by atoms with Gasteiger partial charge < -0.3 is 4.57 Å². The summed E-state index contributed by atoms with van der Waals surface area (Å²) in [5.41, 5.74) is 1.97. The maximum Gasteiger partial charge on any atom is 0.317 e. The normalized spacial score (nSPS) is 15.2. The van der Waals surface area contributed by atoms with Gasteiger partial charge in [-0.2, -0.15) is 0 Å². The van der Waals surface area contributed by atoms with E-state index < -0.39 is 11.1 Å². The fraction of sp³-hybridized carbons (Fsp3) is 0.421. The number of carbonyl (C=O) groups excluding carboxylic acids is 1. The van der Waals surface area contributed by atoms with E-state index in [4.69, 9.17) is 0 Å². The van der Waals surface area contributed by atoms with Gasteiger partial charge in [0.15, 0.2) is 5.78 Å². The van der Waals surface area contributed by atoms with Crippen molar-refractivity contribution in [2.75, 3.05) is 0 Å². The summed E-state index contributed by atoms with van der Waals surface area (Å²) in [5, 5.41) is 7.96. The standard InChI is InChI=1S/C19H21N5O3/c1-12(25)9-22-10-13(20-21-22)11-24-15-6-4-5-14-16(15)23(17(26)18(24)27)8-7-19(14,2)3/h4-6,10H,7-9,11H2,1-3H3. The molecule has 4 rings (SSSR count). The molecule has 0 aliphatic carbocycles. The van der Waals surface area contributed by atoms with E-state index in [-0.39, 0.29) is 24.3 Å². The molecule has 0 atom stereocenters. The van der Waals surface area contributed by atoms with Gasteiger partial charge >= 0.3 is 11.1 Å². The summed E-state index contributed by atoms with van der Waals surface area (Å²) in [6.45, 7) is 6.57. The molecule has 0 bridgehead atoms. The molecule has 27 heavy (non-hydrogen) atoms. The number of hydrogen-bond acceptors (Lipinski definition) is 5. The van der Waals surface area contributed by atoms with E-state index in [0.717, 1.165) is 17.5 Å². The maximum atomic E-state index is 12.8. The highest BCUT2D eigenvalue weighted by atomic mass is 16.2. The van der Waals surface area contributed by atoms with E-state index in [2.05, 4.69) is 24.2 Å². The Hall–Kier alpha value is -3.03. The van der Waals surface area contributed by atoms with Crippen LogP contribution in [0, 0.1) is 0 Å². The number of Topliss-reactive ketones (excluding diaryl/α,β-unsaturated/α-hetero) is 1. The Morgan fingerprint density at radius 2 is 2.00 bits per heavy atom. The molecule has 0 N–H and O–H groups in total. The van der Waals surface area contributed by atoms with Crippen LogP contribution in [0.4, 0.5) is 0 Å². The van der Waals surface area contributed by atoms with Crippen molar-refractivity contribution in [1.82, 2.24) is 24.1 Å². The highest BCUT2D eigenvalue weighted by molar-refractivity contribution is 5.81. The first-order valence-corrected chi connectivity index (χ1v) is 8.93. The third kappa shape index (κ3) is 2.81. The summed E-state index contributed by atoms with van der Waals surface area (Å²) < 4.78 is 4.49. The number of rotatable bonds is 4. The number of aryl methyl sites for hydroxylation is 1. The van der Waals surface area contributed by atoms with E-state index in [1.165, 1.54) is 16.2 Å². The van der Waals surface area contributed by atoms with Crippen LogP contribution >= 0.6 is 0 Å². The number of aromatic nitrogens is 5. The van der Waals surface area contributed by atoms with Crippen LogP contribution in [-0.2, 0) is 29.8 Å². The van der Waals surface area contributed by atoms with Gasteiger partial charge in [-0.15, -0.1) is 5.10 Å².